The van der Waals surface area contributed by atoms with Gasteiger partial charge in [0.1, 0.15) is 5.75 Å². The molecule has 1 aliphatic heterocycles. The smallest absolute Gasteiger partial charge is 0.260 e. The van der Waals surface area contributed by atoms with E-state index >= 15 is 0 Å². The van der Waals surface area contributed by atoms with Gasteiger partial charge < -0.3 is 19.9 Å². The van der Waals surface area contributed by atoms with Gasteiger partial charge in [-0.1, -0.05) is 36.4 Å². The van der Waals surface area contributed by atoms with Gasteiger partial charge in [-0.3, -0.25) is 9.59 Å². The fourth-order valence-corrected chi connectivity index (χ4v) is 3.50. The SMILES string of the molecule is CN(C)Cc1ccccc1NC(=O)C1CCN(C(=O)COc2ccccc2)CC1. The molecule has 0 aliphatic carbocycles. The van der Waals surface area contributed by atoms with E-state index in [0.717, 1.165) is 17.8 Å². The predicted octanol–water partition coefficient (Wildman–Crippen LogP) is 3.00. The van der Waals surface area contributed by atoms with Crippen molar-refractivity contribution in [2.75, 3.05) is 39.1 Å². The Labute approximate surface area is 172 Å². The molecule has 1 aliphatic rings. The van der Waals surface area contributed by atoms with E-state index in [9.17, 15) is 9.59 Å². The molecule has 1 N–H and O–H groups in total. The number of para-hydroxylation sites is 2. The Balaban J connectivity index is 1.48. The van der Waals surface area contributed by atoms with E-state index in [0.29, 0.717) is 31.7 Å². The summed E-state index contributed by atoms with van der Waals surface area (Å²) in [6, 6.07) is 17.2. The summed E-state index contributed by atoms with van der Waals surface area (Å²) in [6.45, 7) is 1.95. The quantitative estimate of drug-likeness (QED) is 0.783. The lowest BCUT2D eigenvalue weighted by molar-refractivity contribution is -0.136. The van der Waals surface area contributed by atoms with Gasteiger partial charge in [-0.25, -0.2) is 0 Å². The number of likely N-dealkylation sites (tertiary alicyclic amines) is 1. The van der Waals surface area contributed by atoms with Crippen LogP contribution in [0.5, 0.6) is 5.75 Å². The number of piperidine rings is 1. The van der Waals surface area contributed by atoms with Crippen LogP contribution < -0.4 is 10.1 Å². The highest BCUT2D eigenvalue weighted by Gasteiger charge is 2.27. The molecule has 0 radical (unpaired) electrons. The molecule has 2 aromatic carbocycles. The second kappa shape index (κ2) is 10.1. The highest BCUT2D eigenvalue weighted by Crippen LogP contribution is 2.22. The molecule has 3 rings (SSSR count). The van der Waals surface area contributed by atoms with Crippen molar-refractivity contribution in [1.29, 1.82) is 0 Å². The van der Waals surface area contributed by atoms with E-state index in [1.165, 1.54) is 0 Å². The first-order chi connectivity index (χ1) is 14.0. The van der Waals surface area contributed by atoms with Gasteiger partial charge in [-0.05, 0) is 50.7 Å². The molecule has 6 nitrogen and oxygen atoms in total. The third kappa shape index (κ3) is 6.06. The number of carbonyl (C=O) groups is 2. The Morgan fingerprint density at radius 2 is 1.69 bits per heavy atom. The number of amides is 2. The highest BCUT2D eigenvalue weighted by molar-refractivity contribution is 5.93. The van der Waals surface area contributed by atoms with Crippen molar-refractivity contribution in [1.82, 2.24) is 9.80 Å². The zero-order valence-electron chi connectivity index (χ0n) is 17.1. The van der Waals surface area contributed by atoms with Gasteiger partial charge in [0, 0.05) is 31.2 Å². The summed E-state index contributed by atoms with van der Waals surface area (Å²) in [5.74, 6) is 0.598. The monoisotopic (exact) mass is 395 g/mol. The molecule has 1 heterocycles. The number of benzene rings is 2. The Morgan fingerprint density at radius 3 is 2.38 bits per heavy atom. The predicted molar refractivity (Wildman–Crippen MR) is 114 cm³/mol. The molecular formula is C23H29N3O3. The van der Waals surface area contributed by atoms with Gasteiger partial charge in [0.2, 0.25) is 5.91 Å². The molecule has 0 spiro atoms. The molecule has 0 aromatic heterocycles. The van der Waals surface area contributed by atoms with E-state index in [4.69, 9.17) is 4.74 Å². The summed E-state index contributed by atoms with van der Waals surface area (Å²) in [4.78, 5) is 29.0. The van der Waals surface area contributed by atoms with Crippen LogP contribution in [0.15, 0.2) is 54.6 Å². The number of rotatable bonds is 7. The lowest BCUT2D eigenvalue weighted by Gasteiger charge is -2.31. The van der Waals surface area contributed by atoms with E-state index in [-0.39, 0.29) is 24.3 Å². The topological polar surface area (TPSA) is 61.9 Å². The number of nitrogens with zero attached hydrogens (tertiary/aromatic N) is 2. The summed E-state index contributed by atoms with van der Waals surface area (Å²) in [5, 5.41) is 3.08. The average Bonchev–Trinajstić information content (AvgIpc) is 2.74. The number of hydrogen-bond donors (Lipinski definition) is 1. The number of hydrogen-bond acceptors (Lipinski definition) is 4. The standard InChI is InChI=1S/C23H29N3O3/c1-25(2)16-19-8-6-7-11-21(19)24-23(28)18-12-14-26(15-13-18)22(27)17-29-20-9-4-3-5-10-20/h3-11,18H,12-17H2,1-2H3,(H,24,28). The van der Waals surface area contributed by atoms with Crippen LogP contribution in [0.3, 0.4) is 0 Å². The maximum absolute atomic E-state index is 12.7. The van der Waals surface area contributed by atoms with Crippen molar-refractivity contribution >= 4 is 17.5 Å². The highest BCUT2D eigenvalue weighted by atomic mass is 16.5. The van der Waals surface area contributed by atoms with Gasteiger partial charge in [-0.15, -0.1) is 0 Å². The van der Waals surface area contributed by atoms with Crippen LogP contribution >= 0.6 is 0 Å². The molecule has 0 unspecified atom stereocenters. The van der Waals surface area contributed by atoms with Crippen LogP contribution in [-0.4, -0.2) is 55.4 Å². The normalized spacial score (nSPS) is 14.7. The summed E-state index contributed by atoms with van der Waals surface area (Å²) in [7, 11) is 4.01. The van der Waals surface area contributed by atoms with E-state index in [1.54, 1.807) is 4.90 Å². The lowest BCUT2D eigenvalue weighted by atomic mass is 9.95. The van der Waals surface area contributed by atoms with Crippen molar-refractivity contribution < 1.29 is 14.3 Å². The van der Waals surface area contributed by atoms with Crippen molar-refractivity contribution in [3.63, 3.8) is 0 Å². The molecule has 154 valence electrons. The van der Waals surface area contributed by atoms with Crippen molar-refractivity contribution in [2.24, 2.45) is 5.92 Å². The lowest BCUT2D eigenvalue weighted by Crippen LogP contribution is -2.43. The Kier molecular flexibility index (Phi) is 7.25. The Bertz CT molecular complexity index is 815. The first-order valence-electron chi connectivity index (χ1n) is 10.0. The van der Waals surface area contributed by atoms with Crippen molar-refractivity contribution in [3.05, 3.63) is 60.2 Å². The zero-order chi connectivity index (χ0) is 20.6. The summed E-state index contributed by atoms with van der Waals surface area (Å²) in [5.41, 5.74) is 1.96. The second-order valence-electron chi connectivity index (χ2n) is 7.64. The summed E-state index contributed by atoms with van der Waals surface area (Å²) >= 11 is 0. The van der Waals surface area contributed by atoms with Crippen LogP contribution in [0, 0.1) is 5.92 Å². The average molecular weight is 396 g/mol. The van der Waals surface area contributed by atoms with Crippen LogP contribution in [0.2, 0.25) is 0 Å². The third-order valence-electron chi connectivity index (χ3n) is 5.09. The molecule has 29 heavy (non-hydrogen) atoms. The van der Waals surface area contributed by atoms with Crippen LogP contribution in [-0.2, 0) is 16.1 Å². The molecule has 2 amide bonds. The van der Waals surface area contributed by atoms with Gasteiger partial charge in [-0.2, -0.15) is 0 Å². The number of nitrogens with one attached hydrogen (secondary N) is 1. The van der Waals surface area contributed by atoms with Crippen molar-refractivity contribution in [2.45, 2.75) is 19.4 Å². The first kappa shape index (κ1) is 20.9. The molecule has 0 bridgehead atoms. The molecule has 0 saturated carbocycles. The van der Waals surface area contributed by atoms with E-state index in [1.807, 2.05) is 68.7 Å². The van der Waals surface area contributed by atoms with Crippen LogP contribution in [0.25, 0.3) is 0 Å². The summed E-state index contributed by atoms with van der Waals surface area (Å²) in [6.07, 6.45) is 1.33. The minimum Gasteiger partial charge on any atom is -0.484 e. The first-order valence-corrected chi connectivity index (χ1v) is 10.0. The maximum Gasteiger partial charge on any atom is 0.260 e. The number of anilines is 1. The van der Waals surface area contributed by atoms with Crippen LogP contribution in [0.1, 0.15) is 18.4 Å². The van der Waals surface area contributed by atoms with E-state index < -0.39 is 0 Å². The number of ether oxygens (including phenoxy) is 1. The number of carbonyl (C=O) groups excluding carboxylic acids is 2. The van der Waals surface area contributed by atoms with Gasteiger partial charge >= 0.3 is 0 Å². The minimum absolute atomic E-state index is 0.0266. The fourth-order valence-electron chi connectivity index (χ4n) is 3.50. The maximum atomic E-state index is 12.7. The van der Waals surface area contributed by atoms with Gasteiger partial charge in [0.05, 0.1) is 0 Å². The molecule has 1 saturated heterocycles. The Morgan fingerprint density at radius 1 is 1.03 bits per heavy atom. The van der Waals surface area contributed by atoms with E-state index in [2.05, 4.69) is 10.2 Å². The van der Waals surface area contributed by atoms with Crippen molar-refractivity contribution in [3.8, 4) is 5.75 Å². The van der Waals surface area contributed by atoms with Gasteiger partial charge in [0.25, 0.3) is 5.91 Å². The minimum atomic E-state index is -0.0819. The molecule has 0 atom stereocenters. The fraction of sp³-hybridized carbons (Fsp3) is 0.391. The molecule has 2 aromatic rings. The summed E-state index contributed by atoms with van der Waals surface area (Å²) < 4.78 is 5.54. The molecule has 6 heteroatoms. The third-order valence-corrected chi connectivity index (χ3v) is 5.09. The second-order valence-corrected chi connectivity index (χ2v) is 7.64. The van der Waals surface area contributed by atoms with Crippen LogP contribution in [0.4, 0.5) is 5.69 Å². The molecular weight excluding hydrogens is 366 g/mol. The zero-order valence-corrected chi connectivity index (χ0v) is 17.1. The largest absolute Gasteiger partial charge is 0.484 e. The van der Waals surface area contributed by atoms with Gasteiger partial charge in [0.15, 0.2) is 6.61 Å². The Hall–Kier alpha value is -2.86. The molecule has 1 fully saturated rings.